The van der Waals surface area contributed by atoms with E-state index in [9.17, 15) is 5.26 Å². The number of aromatic nitrogens is 3. The fourth-order valence-electron chi connectivity index (χ4n) is 2.34. The van der Waals surface area contributed by atoms with Gasteiger partial charge in [0.2, 0.25) is 11.9 Å². The number of nitrogens with zero attached hydrogens (tertiary/aromatic N) is 5. The summed E-state index contributed by atoms with van der Waals surface area (Å²) < 4.78 is 11.5. The van der Waals surface area contributed by atoms with Crippen molar-refractivity contribution in [3.63, 3.8) is 0 Å². The van der Waals surface area contributed by atoms with Crippen molar-refractivity contribution in [1.29, 1.82) is 5.26 Å². The molecule has 0 aliphatic carbocycles. The first-order chi connectivity index (χ1) is 13.5. The highest BCUT2D eigenvalue weighted by molar-refractivity contribution is 5.87. The van der Waals surface area contributed by atoms with Crippen LogP contribution < -0.4 is 20.1 Å². The van der Waals surface area contributed by atoms with Crippen molar-refractivity contribution in [3.8, 4) is 17.6 Å². The Hall–Kier alpha value is -3.34. The van der Waals surface area contributed by atoms with E-state index in [1.165, 1.54) is 0 Å². The van der Waals surface area contributed by atoms with E-state index in [1.807, 2.05) is 25.1 Å². The lowest BCUT2D eigenvalue weighted by molar-refractivity contribution is 0.272. The van der Waals surface area contributed by atoms with Gasteiger partial charge in [-0.25, -0.2) is 0 Å². The molecule has 0 fully saturated rings. The molecule has 0 aliphatic heterocycles. The summed E-state index contributed by atoms with van der Waals surface area (Å²) in [4.78, 5) is 14.1. The third-order valence-electron chi connectivity index (χ3n) is 3.74. The summed E-state index contributed by atoms with van der Waals surface area (Å²) in [6.45, 7) is 5.17. The van der Waals surface area contributed by atoms with Gasteiger partial charge in [-0.15, -0.1) is 0 Å². The lowest BCUT2D eigenvalue weighted by atomic mass is 10.1. The van der Waals surface area contributed by atoms with Crippen molar-refractivity contribution < 1.29 is 9.47 Å². The Labute approximate surface area is 165 Å². The van der Waals surface area contributed by atoms with E-state index in [0.717, 1.165) is 18.4 Å². The summed E-state index contributed by atoms with van der Waals surface area (Å²) in [7, 11) is 3.58. The highest BCUT2D eigenvalue weighted by atomic mass is 16.5. The SMILES string of the molecule is CCCCOc1ccc(/C=C(\C#N)c2nc(N)nc(N(C)C)n2)cc1OCC. The van der Waals surface area contributed by atoms with E-state index in [0.29, 0.717) is 30.7 Å². The molecule has 1 aromatic heterocycles. The van der Waals surface area contributed by atoms with E-state index in [1.54, 1.807) is 25.1 Å². The Morgan fingerprint density at radius 2 is 1.96 bits per heavy atom. The van der Waals surface area contributed by atoms with Crippen LogP contribution in [0.1, 0.15) is 38.1 Å². The Morgan fingerprint density at radius 1 is 1.18 bits per heavy atom. The number of hydrogen-bond donors (Lipinski definition) is 1. The normalized spacial score (nSPS) is 11.0. The maximum Gasteiger partial charge on any atom is 0.230 e. The van der Waals surface area contributed by atoms with E-state index >= 15 is 0 Å². The maximum absolute atomic E-state index is 9.60. The molecule has 0 bridgehead atoms. The topological polar surface area (TPSA) is 110 Å². The van der Waals surface area contributed by atoms with Crippen LogP contribution in [0.25, 0.3) is 11.6 Å². The summed E-state index contributed by atoms with van der Waals surface area (Å²) >= 11 is 0. The van der Waals surface area contributed by atoms with E-state index in [4.69, 9.17) is 15.2 Å². The third-order valence-corrected chi connectivity index (χ3v) is 3.74. The van der Waals surface area contributed by atoms with Crippen molar-refractivity contribution >= 4 is 23.5 Å². The molecule has 28 heavy (non-hydrogen) atoms. The fourth-order valence-corrected chi connectivity index (χ4v) is 2.34. The minimum atomic E-state index is 0.0597. The summed E-state index contributed by atoms with van der Waals surface area (Å²) in [5.74, 6) is 1.99. The van der Waals surface area contributed by atoms with Gasteiger partial charge in [0.05, 0.1) is 18.8 Å². The molecule has 8 nitrogen and oxygen atoms in total. The van der Waals surface area contributed by atoms with E-state index in [2.05, 4.69) is 27.9 Å². The van der Waals surface area contributed by atoms with Gasteiger partial charge >= 0.3 is 0 Å². The van der Waals surface area contributed by atoms with Crippen LogP contribution >= 0.6 is 0 Å². The number of benzene rings is 1. The first-order valence-electron chi connectivity index (χ1n) is 9.19. The van der Waals surface area contributed by atoms with Gasteiger partial charge in [-0.05, 0) is 37.1 Å². The minimum Gasteiger partial charge on any atom is -0.490 e. The molecule has 148 valence electrons. The minimum absolute atomic E-state index is 0.0597. The second kappa shape index (κ2) is 10.1. The molecule has 0 aliphatic rings. The molecule has 8 heteroatoms. The smallest absolute Gasteiger partial charge is 0.230 e. The first-order valence-corrected chi connectivity index (χ1v) is 9.19. The molecule has 1 heterocycles. The molecule has 0 saturated heterocycles. The van der Waals surface area contributed by atoms with Gasteiger partial charge in [-0.1, -0.05) is 19.4 Å². The molecule has 0 saturated carbocycles. The molecule has 0 amide bonds. The fraction of sp³-hybridized carbons (Fsp3) is 0.400. The Balaban J connectivity index is 2.38. The first kappa shape index (κ1) is 21.0. The van der Waals surface area contributed by atoms with Crippen LogP contribution in [0.4, 0.5) is 11.9 Å². The molecule has 0 unspecified atom stereocenters. The van der Waals surface area contributed by atoms with Crippen LogP contribution in [0.2, 0.25) is 0 Å². The Kier molecular flexibility index (Phi) is 7.57. The number of anilines is 2. The van der Waals surface area contributed by atoms with Crippen LogP contribution in [0.5, 0.6) is 11.5 Å². The third kappa shape index (κ3) is 5.58. The second-order valence-electron chi connectivity index (χ2n) is 6.22. The molecule has 2 rings (SSSR count). The average molecular weight is 382 g/mol. The summed E-state index contributed by atoms with van der Waals surface area (Å²) in [6, 6.07) is 7.66. The lowest BCUT2D eigenvalue weighted by Crippen LogP contribution is -2.15. The zero-order chi connectivity index (χ0) is 20.5. The maximum atomic E-state index is 9.60. The molecular formula is C20H26N6O2. The van der Waals surface area contributed by atoms with Gasteiger partial charge < -0.3 is 20.1 Å². The van der Waals surface area contributed by atoms with Crippen molar-refractivity contribution in [1.82, 2.24) is 15.0 Å². The highest BCUT2D eigenvalue weighted by Gasteiger charge is 2.12. The molecule has 0 atom stereocenters. The lowest BCUT2D eigenvalue weighted by Gasteiger charge is -2.13. The van der Waals surface area contributed by atoms with E-state index in [-0.39, 0.29) is 17.3 Å². The highest BCUT2D eigenvalue weighted by Crippen LogP contribution is 2.30. The number of unbranched alkanes of at least 4 members (excludes halogenated alkanes) is 1. The number of nitrogens with two attached hydrogens (primary N) is 1. The van der Waals surface area contributed by atoms with Crippen molar-refractivity contribution in [2.24, 2.45) is 0 Å². The van der Waals surface area contributed by atoms with Gasteiger partial charge in [0, 0.05) is 14.1 Å². The summed E-state index contributed by atoms with van der Waals surface area (Å²) in [6.07, 6.45) is 3.72. The predicted molar refractivity (Wildman–Crippen MR) is 110 cm³/mol. The van der Waals surface area contributed by atoms with Gasteiger partial charge in [0.1, 0.15) is 6.07 Å². The number of allylic oxidation sites excluding steroid dienone is 1. The second-order valence-corrected chi connectivity index (χ2v) is 6.22. The molecule has 1 aromatic carbocycles. The van der Waals surface area contributed by atoms with Crippen LogP contribution in [0, 0.1) is 11.3 Å². The largest absolute Gasteiger partial charge is 0.490 e. The standard InChI is InChI=1S/C20H26N6O2/c1-5-7-10-28-16-9-8-14(12-17(16)27-6-2)11-15(13-21)18-23-19(22)25-20(24-18)26(3)4/h8-9,11-12H,5-7,10H2,1-4H3,(H2,22,23,24,25)/b15-11+. The molecular weight excluding hydrogens is 356 g/mol. The van der Waals surface area contributed by atoms with Crippen molar-refractivity contribution in [2.45, 2.75) is 26.7 Å². The van der Waals surface area contributed by atoms with Crippen molar-refractivity contribution in [3.05, 3.63) is 29.6 Å². The monoisotopic (exact) mass is 382 g/mol. The quantitative estimate of drug-likeness (QED) is 0.520. The summed E-state index contributed by atoms with van der Waals surface area (Å²) in [5.41, 5.74) is 6.81. The van der Waals surface area contributed by atoms with E-state index < -0.39 is 0 Å². The zero-order valence-electron chi connectivity index (χ0n) is 16.8. The zero-order valence-corrected chi connectivity index (χ0v) is 16.8. The molecule has 0 spiro atoms. The number of ether oxygens (including phenoxy) is 2. The number of nitrogen functional groups attached to an aromatic ring is 1. The van der Waals surface area contributed by atoms with Crippen LogP contribution in [-0.4, -0.2) is 42.3 Å². The summed E-state index contributed by atoms with van der Waals surface area (Å²) in [5, 5.41) is 9.60. The molecule has 2 N–H and O–H groups in total. The Morgan fingerprint density at radius 3 is 2.61 bits per heavy atom. The predicted octanol–water partition coefficient (Wildman–Crippen LogP) is 3.16. The van der Waals surface area contributed by atoms with Gasteiger partial charge in [-0.3, -0.25) is 0 Å². The van der Waals surface area contributed by atoms with Gasteiger partial charge in [0.25, 0.3) is 0 Å². The van der Waals surface area contributed by atoms with Gasteiger partial charge in [-0.2, -0.15) is 20.2 Å². The van der Waals surface area contributed by atoms with Crippen LogP contribution in [0.15, 0.2) is 18.2 Å². The number of nitriles is 1. The number of rotatable bonds is 9. The molecule has 2 aromatic rings. The van der Waals surface area contributed by atoms with Gasteiger partial charge in [0.15, 0.2) is 17.3 Å². The number of hydrogen-bond acceptors (Lipinski definition) is 8. The van der Waals surface area contributed by atoms with Crippen LogP contribution in [-0.2, 0) is 0 Å². The van der Waals surface area contributed by atoms with Crippen molar-refractivity contribution in [2.75, 3.05) is 37.9 Å². The average Bonchev–Trinajstić information content (AvgIpc) is 2.67. The molecule has 0 radical (unpaired) electrons. The Bertz CT molecular complexity index is 873. The van der Waals surface area contributed by atoms with Crippen LogP contribution in [0.3, 0.4) is 0 Å².